The first kappa shape index (κ1) is 14.4. The van der Waals surface area contributed by atoms with E-state index in [4.69, 9.17) is 14.6 Å². The summed E-state index contributed by atoms with van der Waals surface area (Å²) in [6.07, 6.45) is 1.71. The summed E-state index contributed by atoms with van der Waals surface area (Å²) in [5.74, 6) is 0.276. The van der Waals surface area contributed by atoms with Gasteiger partial charge in [0.15, 0.2) is 0 Å². The summed E-state index contributed by atoms with van der Waals surface area (Å²) in [5, 5.41) is 8.82. The van der Waals surface area contributed by atoms with E-state index in [-0.39, 0.29) is 25.6 Å². The molecule has 1 N–H and O–H groups in total. The number of nitrogens with zero attached hydrogens (tertiary/aromatic N) is 1. The molecule has 1 heterocycles. The normalized spacial score (nSPS) is 11.1. The first-order valence-corrected chi connectivity index (χ1v) is 5.81. The van der Waals surface area contributed by atoms with Gasteiger partial charge >= 0.3 is 5.97 Å². The standard InChI is InChI=1S/C13H19NO4/c1-13(2,3)18-12(16)6-7-17-11-5-4-10(9-15)14-8-11/h4-5,8,15H,6-7,9H2,1-3H3. The molecule has 1 rings (SSSR count). The van der Waals surface area contributed by atoms with Crippen LogP contribution in [0.1, 0.15) is 32.9 Å². The van der Waals surface area contributed by atoms with E-state index in [1.54, 1.807) is 12.1 Å². The number of rotatable bonds is 5. The Morgan fingerprint density at radius 3 is 2.61 bits per heavy atom. The van der Waals surface area contributed by atoms with Gasteiger partial charge in [-0.2, -0.15) is 0 Å². The first-order valence-electron chi connectivity index (χ1n) is 5.81. The van der Waals surface area contributed by atoms with Crippen molar-refractivity contribution in [3.05, 3.63) is 24.0 Å². The number of aromatic nitrogens is 1. The van der Waals surface area contributed by atoms with E-state index >= 15 is 0 Å². The minimum absolute atomic E-state index is 0.0990. The lowest BCUT2D eigenvalue weighted by Gasteiger charge is -2.19. The van der Waals surface area contributed by atoms with Crippen LogP contribution in [0.15, 0.2) is 18.3 Å². The Labute approximate surface area is 107 Å². The number of pyridine rings is 1. The van der Waals surface area contributed by atoms with Gasteiger partial charge in [-0.15, -0.1) is 0 Å². The molecule has 0 amide bonds. The van der Waals surface area contributed by atoms with Crippen LogP contribution in [0.25, 0.3) is 0 Å². The number of carbonyl (C=O) groups excluding carboxylic acids is 1. The van der Waals surface area contributed by atoms with Gasteiger partial charge in [-0.1, -0.05) is 0 Å². The first-order chi connectivity index (χ1) is 8.40. The molecule has 5 nitrogen and oxygen atoms in total. The number of esters is 1. The Kier molecular flexibility index (Phi) is 5.09. The topological polar surface area (TPSA) is 68.7 Å². The van der Waals surface area contributed by atoms with Crippen molar-refractivity contribution in [2.75, 3.05) is 6.61 Å². The number of aliphatic hydroxyl groups is 1. The minimum Gasteiger partial charge on any atom is -0.491 e. The second kappa shape index (κ2) is 6.35. The zero-order chi connectivity index (χ0) is 13.6. The lowest BCUT2D eigenvalue weighted by Crippen LogP contribution is -2.24. The number of ether oxygens (including phenoxy) is 2. The molecule has 0 atom stereocenters. The van der Waals surface area contributed by atoms with Crippen LogP contribution in [0.2, 0.25) is 0 Å². The molecule has 0 unspecified atom stereocenters. The molecular weight excluding hydrogens is 234 g/mol. The van der Waals surface area contributed by atoms with E-state index in [2.05, 4.69) is 4.98 Å². The van der Waals surface area contributed by atoms with E-state index in [1.807, 2.05) is 20.8 Å². The van der Waals surface area contributed by atoms with Crippen LogP contribution < -0.4 is 4.74 Å². The van der Waals surface area contributed by atoms with Gasteiger partial charge in [-0.3, -0.25) is 9.78 Å². The Hall–Kier alpha value is -1.62. The molecular formula is C13H19NO4. The average Bonchev–Trinajstić information content (AvgIpc) is 2.27. The van der Waals surface area contributed by atoms with E-state index in [1.165, 1.54) is 6.20 Å². The largest absolute Gasteiger partial charge is 0.491 e. The van der Waals surface area contributed by atoms with Gasteiger partial charge in [-0.25, -0.2) is 0 Å². The van der Waals surface area contributed by atoms with Crippen LogP contribution >= 0.6 is 0 Å². The minimum atomic E-state index is -0.471. The van der Waals surface area contributed by atoms with Gasteiger partial charge in [0.25, 0.3) is 0 Å². The number of hydrogen-bond donors (Lipinski definition) is 1. The molecule has 18 heavy (non-hydrogen) atoms. The maximum atomic E-state index is 11.4. The van der Waals surface area contributed by atoms with Gasteiger partial charge in [0, 0.05) is 0 Å². The van der Waals surface area contributed by atoms with Gasteiger partial charge in [0.2, 0.25) is 0 Å². The number of aliphatic hydroxyl groups excluding tert-OH is 1. The second-order valence-electron chi connectivity index (χ2n) is 4.83. The molecule has 0 aliphatic carbocycles. The molecule has 1 aromatic rings. The van der Waals surface area contributed by atoms with Crippen molar-refractivity contribution in [3.8, 4) is 5.75 Å². The summed E-state index contributed by atoms with van der Waals surface area (Å²) in [4.78, 5) is 15.4. The van der Waals surface area contributed by atoms with E-state index in [9.17, 15) is 4.79 Å². The molecule has 0 aliphatic rings. The van der Waals surface area contributed by atoms with Gasteiger partial charge in [0.1, 0.15) is 11.4 Å². The lowest BCUT2D eigenvalue weighted by atomic mass is 10.2. The Morgan fingerprint density at radius 1 is 1.39 bits per heavy atom. The van der Waals surface area contributed by atoms with Crippen LogP contribution in [-0.4, -0.2) is 28.3 Å². The van der Waals surface area contributed by atoms with Crippen LogP contribution in [0, 0.1) is 0 Å². The molecule has 0 spiro atoms. The second-order valence-corrected chi connectivity index (χ2v) is 4.83. The summed E-state index contributed by atoms with van der Waals surface area (Å²) in [6.45, 7) is 5.61. The lowest BCUT2D eigenvalue weighted by molar-refractivity contribution is -0.155. The molecule has 0 aromatic carbocycles. The molecule has 0 saturated carbocycles. The fraction of sp³-hybridized carbons (Fsp3) is 0.538. The third-order valence-corrected chi connectivity index (χ3v) is 1.95. The zero-order valence-corrected chi connectivity index (χ0v) is 11.0. The average molecular weight is 253 g/mol. The van der Waals surface area contributed by atoms with Crippen molar-refractivity contribution in [2.45, 2.75) is 39.4 Å². The summed E-state index contributed by atoms with van der Waals surface area (Å²) in [5.41, 5.74) is 0.107. The quantitative estimate of drug-likeness (QED) is 0.809. The van der Waals surface area contributed by atoms with Crippen molar-refractivity contribution in [1.29, 1.82) is 0 Å². The van der Waals surface area contributed by atoms with Crippen LogP contribution in [0.3, 0.4) is 0 Å². The molecule has 0 bridgehead atoms. The summed E-state index contributed by atoms with van der Waals surface area (Å²) in [6, 6.07) is 3.37. The third-order valence-electron chi connectivity index (χ3n) is 1.95. The molecule has 100 valence electrons. The number of carbonyl (C=O) groups is 1. The molecule has 1 aromatic heterocycles. The molecule has 0 aliphatic heterocycles. The Bertz CT molecular complexity index is 381. The summed E-state index contributed by atoms with van der Waals surface area (Å²) < 4.78 is 10.5. The maximum absolute atomic E-state index is 11.4. The van der Waals surface area contributed by atoms with Crippen LogP contribution in [0.4, 0.5) is 0 Å². The van der Waals surface area contributed by atoms with Crippen molar-refractivity contribution in [3.63, 3.8) is 0 Å². The Balaban J connectivity index is 2.30. The highest BCUT2D eigenvalue weighted by Crippen LogP contribution is 2.11. The summed E-state index contributed by atoms with van der Waals surface area (Å²) >= 11 is 0. The van der Waals surface area contributed by atoms with Gasteiger partial charge in [-0.05, 0) is 32.9 Å². The number of hydrogen-bond acceptors (Lipinski definition) is 5. The molecule has 0 saturated heterocycles. The molecule has 0 fully saturated rings. The Morgan fingerprint density at radius 2 is 2.11 bits per heavy atom. The fourth-order valence-corrected chi connectivity index (χ4v) is 1.23. The monoisotopic (exact) mass is 253 g/mol. The third kappa shape index (κ3) is 5.63. The van der Waals surface area contributed by atoms with Crippen LogP contribution in [0.5, 0.6) is 5.75 Å². The highest BCUT2D eigenvalue weighted by molar-refractivity contribution is 5.69. The van der Waals surface area contributed by atoms with Crippen molar-refractivity contribution in [2.24, 2.45) is 0 Å². The smallest absolute Gasteiger partial charge is 0.309 e. The highest BCUT2D eigenvalue weighted by atomic mass is 16.6. The van der Waals surface area contributed by atoms with Crippen molar-refractivity contribution >= 4 is 5.97 Å². The zero-order valence-electron chi connectivity index (χ0n) is 11.0. The SMILES string of the molecule is CC(C)(C)OC(=O)CCOc1ccc(CO)nc1. The molecule has 5 heteroatoms. The maximum Gasteiger partial charge on any atom is 0.309 e. The van der Waals surface area contributed by atoms with Crippen molar-refractivity contribution < 1.29 is 19.4 Å². The fourth-order valence-electron chi connectivity index (χ4n) is 1.23. The summed E-state index contributed by atoms with van der Waals surface area (Å²) in [7, 11) is 0. The van der Waals surface area contributed by atoms with E-state index < -0.39 is 5.60 Å². The van der Waals surface area contributed by atoms with E-state index in [0.717, 1.165) is 0 Å². The van der Waals surface area contributed by atoms with E-state index in [0.29, 0.717) is 11.4 Å². The molecule has 0 radical (unpaired) electrons. The predicted molar refractivity (Wildman–Crippen MR) is 66.1 cm³/mol. The van der Waals surface area contributed by atoms with Gasteiger partial charge < -0.3 is 14.6 Å². The van der Waals surface area contributed by atoms with Crippen LogP contribution in [-0.2, 0) is 16.1 Å². The van der Waals surface area contributed by atoms with Gasteiger partial charge in [0.05, 0.1) is 31.5 Å². The van der Waals surface area contributed by atoms with Crippen molar-refractivity contribution in [1.82, 2.24) is 4.98 Å². The highest BCUT2D eigenvalue weighted by Gasteiger charge is 2.15. The predicted octanol–water partition coefficient (Wildman–Crippen LogP) is 1.68.